The van der Waals surface area contributed by atoms with Gasteiger partial charge >= 0.3 is 0 Å². The van der Waals surface area contributed by atoms with Crippen LogP contribution < -0.4 is 11.1 Å². The molecule has 0 radical (unpaired) electrons. The van der Waals surface area contributed by atoms with Gasteiger partial charge in [-0.1, -0.05) is 0 Å². The van der Waals surface area contributed by atoms with Crippen LogP contribution in [0.25, 0.3) is 0 Å². The van der Waals surface area contributed by atoms with Crippen LogP contribution in [0, 0.1) is 5.92 Å². The monoisotopic (exact) mass is 296 g/mol. The minimum absolute atomic E-state index is 0.0248. The molecule has 0 aromatic carbocycles. The Balaban J connectivity index is 1.98. The maximum Gasteiger partial charge on any atom is 0.231 e. The maximum atomic E-state index is 11.4. The largest absolute Gasteiger partial charge is 0.369 e. The van der Waals surface area contributed by atoms with E-state index in [9.17, 15) is 9.59 Å². The van der Waals surface area contributed by atoms with Gasteiger partial charge in [0.2, 0.25) is 11.8 Å². The smallest absolute Gasteiger partial charge is 0.231 e. The Hall–Kier alpha value is -1.47. The molecule has 1 aromatic heterocycles. The zero-order valence-corrected chi connectivity index (χ0v) is 12.4. The third-order valence-electron chi connectivity index (χ3n) is 3.56. The van der Waals surface area contributed by atoms with E-state index >= 15 is 0 Å². The van der Waals surface area contributed by atoms with Gasteiger partial charge in [-0.3, -0.25) is 14.5 Å². The van der Waals surface area contributed by atoms with Gasteiger partial charge in [0.1, 0.15) is 5.01 Å². The molecule has 0 saturated carbocycles. The lowest BCUT2D eigenvalue weighted by atomic mass is 9.89. The van der Waals surface area contributed by atoms with Gasteiger partial charge in [-0.2, -0.15) is 0 Å². The number of thiazole rings is 1. The Morgan fingerprint density at radius 1 is 1.55 bits per heavy atom. The van der Waals surface area contributed by atoms with E-state index in [2.05, 4.69) is 15.2 Å². The number of hydrogen-bond donors (Lipinski definition) is 2. The first-order valence-electron chi connectivity index (χ1n) is 6.73. The quantitative estimate of drug-likeness (QED) is 0.829. The highest BCUT2D eigenvalue weighted by Crippen LogP contribution is 2.31. The third-order valence-corrected chi connectivity index (χ3v) is 4.42. The van der Waals surface area contributed by atoms with Crippen LogP contribution in [-0.4, -0.2) is 41.3 Å². The number of primary amides is 1. The van der Waals surface area contributed by atoms with E-state index in [4.69, 9.17) is 5.73 Å². The summed E-state index contributed by atoms with van der Waals surface area (Å²) in [5.41, 5.74) is 5.21. The number of carbonyl (C=O) groups is 2. The Kier molecular flexibility index (Phi) is 5.08. The van der Waals surface area contributed by atoms with Crippen LogP contribution in [-0.2, 0) is 9.59 Å². The van der Waals surface area contributed by atoms with Crippen molar-refractivity contribution in [3.05, 3.63) is 16.6 Å². The predicted octanol–water partition coefficient (Wildman–Crippen LogP) is 0.518. The molecule has 1 fully saturated rings. The molecule has 1 aliphatic heterocycles. The fourth-order valence-corrected chi connectivity index (χ4v) is 3.43. The summed E-state index contributed by atoms with van der Waals surface area (Å²) in [4.78, 5) is 28.7. The van der Waals surface area contributed by atoms with Crippen LogP contribution >= 0.6 is 11.3 Å². The minimum Gasteiger partial charge on any atom is -0.369 e. The number of nitrogens with two attached hydrogens (primary N) is 1. The molecule has 20 heavy (non-hydrogen) atoms. The number of likely N-dealkylation sites (tertiary alicyclic amines) is 1. The van der Waals surface area contributed by atoms with Crippen LogP contribution in [0.15, 0.2) is 11.6 Å². The molecule has 2 amide bonds. The zero-order chi connectivity index (χ0) is 14.5. The molecule has 0 bridgehead atoms. The maximum absolute atomic E-state index is 11.4. The molecule has 1 atom stereocenters. The molecule has 6 nitrogen and oxygen atoms in total. The molecule has 0 unspecified atom stereocenters. The summed E-state index contributed by atoms with van der Waals surface area (Å²) >= 11 is 1.56. The van der Waals surface area contributed by atoms with E-state index in [0.717, 1.165) is 30.9 Å². The molecule has 0 spiro atoms. The lowest BCUT2D eigenvalue weighted by molar-refractivity contribution is -0.120. The van der Waals surface area contributed by atoms with Crippen LogP contribution in [0.3, 0.4) is 0 Å². The average molecular weight is 296 g/mol. The molecule has 110 valence electrons. The SMILES string of the molecule is CC(=O)N[C@H](c1nccs1)C1CCN(CC(N)=O)CC1. The molecular weight excluding hydrogens is 276 g/mol. The molecule has 0 aliphatic carbocycles. The fourth-order valence-electron chi connectivity index (χ4n) is 2.65. The van der Waals surface area contributed by atoms with Crippen molar-refractivity contribution in [1.82, 2.24) is 15.2 Å². The highest BCUT2D eigenvalue weighted by molar-refractivity contribution is 7.09. The van der Waals surface area contributed by atoms with E-state index in [1.807, 2.05) is 5.38 Å². The second-order valence-corrected chi connectivity index (χ2v) is 6.05. The number of nitrogens with zero attached hydrogens (tertiary/aromatic N) is 2. The number of hydrogen-bond acceptors (Lipinski definition) is 5. The first-order chi connectivity index (χ1) is 9.56. The van der Waals surface area contributed by atoms with E-state index in [-0.39, 0.29) is 17.9 Å². The van der Waals surface area contributed by atoms with Crippen molar-refractivity contribution in [3.8, 4) is 0 Å². The topological polar surface area (TPSA) is 88.3 Å². The van der Waals surface area contributed by atoms with Crippen molar-refractivity contribution in [2.75, 3.05) is 19.6 Å². The number of piperidine rings is 1. The Bertz CT molecular complexity index is 455. The lowest BCUT2D eigenvalue weighted by Gasteiger charge is -2.35. The Morgan fingerprint density at radius 3 is 2.75 bits per heavy atom. The second-order valence-electron chi connectivity index (χ2n) is 5.13. The summed E-state index contributed by atoms with van der Waals surface area (Å²) in [6.45, 7) is 3.50. The summed E-state index contributed by atoms with van der Waals surface area (Å²) < 4.78 is 0. The molecule has 2 rings (SSSR count). The number of carbonyl (C=O) groups excluding carboxylic acids is 2. The van der Waals surface area contributed by atoms with Crippen molar-refractivity contribution in [2.45, 2.75) is 25.8 Å². The Morgan fingerprint density at radius 2 is 2.25 bits per heavy atom. The van der Waals surface area contributed by atoms with Crippen molar-refractivity contribution < 1.29 is 9.59 Å². The normalized spacial score (nSPS) is 18.6. The fraction of sp³-hybridized carbons (Fsp3) is 0.615. The third kappa shape index (κ3) is 4.01. The van der Waals surface area contributed by atoms with Gasteiger partial charge in [0, 0.05) is 18.5 Å². The molecule has 1 aliphatic rings. The van der Waals surface area contributed by atoms with Crippen molar-refractivity contribution in [2.24, 2.45) is 11.7 Å². The van der Waals surface area contributed by atoms with Crippen molar-refractivity contribution in [3.63, 3.8) is 0 Å². The van der Waals surface area contributed by atoms with Crippen LogP contribution in [0.1, 0.15) is 30.8 Å². The molecule has 3 N–H and O–H groups in total. The highest BCUT2D eigenvalue weighted by atomic mass is 32.1. The molecule has 1 saturated heterocycles. The van der Waals surface area contributed by atoms with E-state index in [1.165, 1.54) is 6.92 Å². The second kappa shape index (κ2) is 6.81. The van der Waals surface area contributed by atoms with Gasteiger partial charge in [0.25, 0.3) is 0 Å². The van der Waals surface area contributed by atoms with Gasteiger partial charge in [0.05, 0.1) is 12.6 Å². The number of nitrogens with one attached hydrogen (secondary N) is 1. The number of aromatic nitrogens is 1. The summed E-state index contributed by atoms with van der Waals surface area (Å²) in [5, 5.41) is 5.88. The minimum atomic E-state index is -0.290. The van der Waals surface area contributed by atoms with Gasteiger partial charge in [0.15, 0.2) is 0 Å². The average Bonchev–Trinajstić information content (AvgIpc) is 2.90. The first-order valence-corrected chi connectivity index (χ1v) is 7.61. The highest BCUT2D eigenvalue weighted by Gasteiger charge is 2.30. The molecular formula is C13H20N4O2S. The van der Waals surface area contributed by atoms with Crippen LogP contribution in [0.2, 0.25) is 0 Å². The van der Waals surface area contributed by atoms with Crippen molar-refractivity contribution >= 4 is 23.2 Å². The predicted molar refractivity (Wildman–Crippen MR) is 77.0 cm³/mol. The van der Waals surface area contributed by atoms with Gasteiger partial charge in [-0.05, 0) is 31.8 Å². The summed E-state index contributed by atoms with van der Waals surface area (Å²) in [6, 6.07) is -0.0248. The van der Waals surface area contributed by atoms with E-state index in [0.29, 0.717) is 12.5 Å². The molecule has 1 aromatic rings. The van der Waals surface area contributed by atoms with E-state index in [1.54, 1.807) is 17.5 Å². The summed E-state index contributed by atoms with van der Waals surface area (Å²) in [6.07, 6.45) is 3.62. The zero-order valence-electron chi connectivity index (χ0n) is 11.5. The van der Waals surface area contributed by atoms with Gasteiger partial charge in [-0.15, -0.1) is 11.3 Å². The molecule has 7 heteroatoms. The van der Waals surface area contributed by atoms with Crippen LogP contribution in [0.4, 0.5) is 0 Å². The van der Waals surface area contributed by atoms with Gasteiger partial charge < -0.3 is 11.1 Å². The first kappa shape index (κ1) is 14.9. The standard InChI is InChI=1S/C13H20N4O2S/c1-9(18)16-12(13-15-4-7-20-13)10-2-5-17(6-3-10)8-11(14)19/h4,7,10,12H,2-3,5-6,8H2,1H3,(H2,14,19)(H,16,18)/t12-/m0/s1. The van der Waals surface area contributed by atoms with Crippen molar-refractivity contribution in [1.29, 1.82) is 0 Å². The summed E-state index contributed by atoms with van der Waals surface area (Å²) in [5.74, 6) is 0.0285. The summed E-state index contributed by atoms with van der Waals surface area (Å²) in [7, 11) is 0. The molecule has 2 heterocycles. The lowest BCUT2D eigenvalue weighted by Crippen LogP contribution is -2.43. The number of rotatable bonds is 5. The van der Waals surface area contributed by atoms with Crippen LogP contribution in [0.5, 0.6) is 0 Å². The van der Waals surface area contributed by atoms with E-state index < -0.39 is 0 Å². The van der Waals surface area contributed by atoms with Gasteiger partial charge in [-0.25, -0.2) is 4.98 Å². The number of amides is 2. The Labute approximate surface area is 122 Å².